The third kappa shape index (κ3) is 0.915. The van der Waals surface area contributed by atoms with Crippen molar-refractivity contribution in [2.24, 2.45) is 0 Å². The third-order valence-electron chi connectivity index (χ3n) is 1.23. The molecule has 0 spiro atoms. The molecule has 0 unspecified atom stereocenters. The van der Waals surface area contributed by atoms with Crippen LogP contribution in [0.25, 0.3) is 0 Å². The van der Waals surface area contributed by atoms with Crippen LogP contribution in [0.3, 0.4) is 0 Å². The van der Waals surface area contributed by atoms with Gasteiger partial charge in [0, 0.05) is 12.7 Å². The van der Waals surface area contributed by atoms with Crippen LogP contribution in [-0.2, 0) is 0 Å². The van der Waals surface area contributed by atoms with Gasteiger partial charge >= 0.3 is 0 Å². The lowest BCUT2D eigenvalue weighted by molar-refractivity contribution is 0.577. The lowest BCUT2D eigenvalue weighted by Gasteiger charge is -1.97. The topological polar surface area (TPSA) is 3.01 Å². The summed E-state index contributed by atoms with van der Waals surface area (Å²) in [6.45, 7) is 6.97. The first-order chi connectivity index (χ1) is 3.88. The highest BCUT2D eigenvalue weighted by atomic mass is 15.2. The fourth-order valence-electron chi connectivity index (χ4n) is 0.735. The molecule has 0 bridgehead atoms. The van der Waals surface area contributed by atoms with E-state index < -0.39 is 0 Å². The molecule has 1 heteroatoms. The molecule has 44 valence electrons. The first-order valence-electron chi connectivity index (χ1n) is 2.99. The molecule has 0 saturated carbocycles. The first kappa shape index (κ1) is 5.42. The molecule has 0 radical (unpaired) electrons. The highest BCUT2D eigenvalue weighted by molar-refractivity contribution is 5.28. The molecule has 0 aromatic rings. The van der Waals surface area contributed by atoms with Crippen molar-refractivity contribution in [3.05, 3.63) is 24.6 Å². The maximum Gasteiger partial charge on any atom is 0.0566 e. The summed E-state index contributed by atoms with van der Waals surface area (Å²) in [5.74, 6) is 0. The van der Waals surface area contributed by atoms with Gasteiger partial charge in [0.15, 0.2) is 0 Å². The second-order valence-electron chi connectivity index (χ2n) is 1.95. The van der Waals surface area contributed by atoms with Crippen LogP contribution in [0.1, 0.15) is 13.3 Å². The van der Waals surface area contributed by atoms with E-state index in [9.17, 15) is 0 Å². The molecule has 0 aromatic heterocycles. The lowest BCUT2D eigenvalue weighted by atomic mass is 10.5. The molecule has 0 N–H and O–H groups in total. The summed E-state index contributed by atoms with van der Waals surface area (Å²) in [5.41, 5.74) is 1.28. The van der Waals surface area contributed by atoms with Crippen molar-refractivity contribution in [1.29, 1.82) is 0 Å². The van der Waals surface area contributed by atoms with Crippen molar-refractivity contribution < 1.29 is 0 Å². The quantitative estimate of drug-likeness (QED) is 0.533. The van der Waals surface area contributed by atoms with Gasteiger partial charge in [-0.15, -0.1) is 0 Å². The Morgan fingerprint density at radius 3 is 3.00 bits per heavy atom. The zero-order valence-electron chi connectivity index (χ0n) is 5.22. The Hall–Kier alpha value is -0.720. The molecule has 1 aliphatic heterocycles. The van der Waals surface area contributed by atoms with Crippen molar-refractivity contribution in [1.82, 2.24) is 4.90 Å². The zero-order chi connectivity index (χ0) is 5.98. The fraction of sp³-hybridized carbons (Fsp3) is 0.429. The minimum atomic E-state index is 1.15. The average molecular weight is 109 g/mol. The van der Waals surface area contributed by atoms with Crippen LogP contribution in [0.5, 0.6) is 0 Å². The van der Waals surface area contributed by atoms with E-state index in [1.165, 1.54) is 12.1 Å². The van der Waals surface area contributed by atoms with Gasteiger partial charge in [0.2, 0.25) is 0 Å². The van der Waals surface area contributed by atoms with Crippen molar-refractivity contribution in [2.75, 3.05) is 6.54 Å². The maximum absolute atomic E-state index is 3.65. The van der Waals surface area contributed by atoms with Crippen LogP contribution in [0, 0.1) is 0 Å². The van der Waals surface area contributed by atoms with Gasteiger partial charge in [-0.1, -0.05) is 13.5 Å². The van der Waals surface area contributed by atoms with Gasteiger partial charge in [-0.2, -0.15) is 0 Å². The van der Waals surface area contributed by atoms with Gasteiger partial charge in [-0.05, 0) is 12.5 Å². The Labute approximate surface area is 50.3 Å². The van der Waals surface area contributed by atoms with Crippen LogP contribution in [0.2, 0.25) is 0 Å². The molecule has 0 aliphatic carbocycles. The predicted octanol–water partition coefficient (Wildman–Crippen LogP) is 1.74. The smallest absolute Gasteiger partial charge is 0.0566 e. The molecule has 1 nitrogen and oxygen atoms in total. The summed E-state index contributed by atoms with van der Waals surface area (Å²) in [7, 11) is 0. The molecule has 1 aliphatic rings. The lowest BCUT2D eigenvalue weighted by Crippen LogP contribution is -1.97. The Morgan fingerprint density at radius 2 is 2.62 bits per heavy atom. The highest BCUT2D eigenvalue weighted by Crippen LogP contribution is 2.20. The second-order valence-corrected chi connectivity index (χ2v) is 1.95. The monoisotopic (exact) mass is 109 g/mol. The van der Waals surface area contributed by atoms with E-state index in [-0.39, 0.29) is 0 Å². The van der Waals surface area contributed by atoms with Gasteiger partial charge in [0.1, 0.15) is 0 Å². The van der Waals surface area contributed by atoms with Crippen LogP contribution in [0.15, 0.2) is 24.6 Å². The van der Waals surface area contributed by atoms with Gasteiger partial charge in [-0.25, -0.2) is 0 Å². The fourth-order valence-corrected chi connectivity index (χ4v) is 0.735. The average Bonchev–Trinajstić information content (AvgIpc) is 2.48. The molecule has 0 amide bonds. The van der Waals surface area contributed by atoms with Gasteiger partial charge in [0.05, 0.1) is 5.70 Å². The van der Waals surface area contributed by atoms with E-state index >= 15 is 0 Å². The zero-order valence-corrected chi connectivity index (χ0v) is 5.22. The number of rotatable bonds is 3. The van der Waals surface area contributed by atoms with Gasteiger partial charge in [-0.3, -0.25) is 0 Å². The van der Waals surface area contributed by atoms with Crippen LogP contribution >= 0.6 is 0 Å². The van der Waals surface area contributed by atoms with E-state index in [1.54, 1.807) is 0 Å². The molecule has 8 heavy (non-hydrogen) atoms. The maximum atomic E-state index is 3.65. The summed E-state index contributed by atoms with van der Waals surface area (Å²) in [5, 5.41) is 0. The summed E-state index contributed by atoms with van der Waals surface area (Å²) in [4.78, 5) is 2.20. The van der Waals surface area contributed by atoms with Crippen molar-refractivity contribution >= 4 is 0 Å². The molecule has 0 aromatic carbocycles. The summed E-state index contributed by atoms with van der Waals surface area (Å²) < 4.78 is 0. The summed E-state index contributed by atoms with van der Waals surface area (Å²) >= 11 is 0. The minimum absolute atomic E-state index is 1.15. The Kier molecular flexibility index (Phi) is 1.38. The van der Waals surface area contributed by atoms with Crippen molar-refractivity contribution in [3.63, 3.8) is 0 Å². The predicted molar refractivity (Wildman–Crippen MR) is 35.3 cm³/mol. The minimum Gasteiger partial charge on any atom is -0.345 e. The van der Waals surface area contributed by atoms with E-state index in [4.69, 9.17) is 0 Å². The van der Waals surface area contributed by atoms with Gasteiger partial charge in [0.25, 0.3) is 0 Å². The molecule has 0 fully saturated rings. The largest absolute Gasteiger partial charge is 0.345 e. The van der Waals surface area contributed by atoms with Crippen molar-refractivity contribution in [3.8, 4) is 0 Å². The van der Waals surface area contributed by atoms with Crippen molar-refractivity contribution in [2.45, 2.75) is 13.3 Å². The Balaban J connectivity index is 2.13. The third-order valence-corrected chi connectivity index (χ3v) is 1.23. The number of hydrogen-bond acceptors (Lipinski definition) is 1. The summed E-state index contributed by atoms with van der Waals surface area (Å²) in [6.07, 6.45) is 5.21. The van der Waals surface area contributed by atoms with Crippen LogP contribution in [-0.4, -0.2) is 11.4 Å². The normalized spacial score (nSPS) is 15.6. The number of nitrogens with zero attached hydrogens (tertiary/aromatic N) is 1. The second kappa shape index (κ2) is 2.03. The van der Waals surface area contributed by atoms with Crippen LogP contribution in [0.4, 0.5) is 0 Å². The first-order valence-corrected chi connectivity index (χ1v) is 2.99. The van der Waals surface area contributed by atoms with E-state index in [2.05, 4.69) is 24.6 Å². The van der Waals surface area contributed by atoms with E-state index in [0.29, 0.717) is 0 Å². The Bertz CT molecular complexity index is 124. The van der Waals surface area contributed by atoms with Crippen LogP contribution < -0.4 is 0 Å². The standard InChI is InChI=1S/C7H11N/c1-3-5-8-6-7(8)4-2/h4,6H,2-3,5H2,1H3. The molecular formula is C7H11N. The SMILES string of the molecule is C=CC1=CN1CCC. The highest BCUT2D eigenvalue weighted by Gasteiger charge is 2.13. The molecule has 1 rings (SSSR count). The summed E-state index contributed by atoms with van der Waals surface area (Å²) in [6, 6.07) is 0. The van der Waals surface area contributed by atoms with E-state index in [0.717, 1.165) is 6.54 Å². The number of hydrogen-bond donors (Lipinski definition) is 0. The van der Waals surface area contributed by atoms with Gasteiger partial charge < -0.3 is 4.90 Å². The molecule has 0 atom stereocenters. The molecule has 0 saturated heterocycles. The molecule has 1 heterocycles. The number of allylic oxidation sites excluding steroid dienone is 1. The molecular weight excluding hydrogens is 98.1 g/mol. The van der Waals surface area contributed by atoms with E-state index in [1.807, 2.05) is 6.08 Å². The Morgan fingerprint density at radius 1 is 1.88 bits per heavy atom.